The van der Waals surface area contributed by atoms with Crippen molar-refractivity contribution in [3.05, 3.63) is 106 Å². The quantitative estimate of drug-likeness (QED) is 0.132. The standard InChI is InChI=1S/C23H15F4N3O2S/c24-18-9-7-15(8-10-18)14-33-22-28-13-21(16-3-1-6-20(11-16)30(31)32)29(22)19-5-2-4-17(12-19)23(25,26)27/h1-13H,14H2. The topological polar surface area (TPSA) is 61.0 Å². The number of rotatable bonds is 6. The Labute approximate surface area is 189 Å². The predicted molar refractivity (Wildman–Crippen MR) is 117 cm³/mol. The molecule has 1 heterocycles. The van der Waals surface area contributed by atoms with E-state index in [0.29, 0.717) is 22.2 Å². The Balaban J connectivity index is 1.80. The molecule has 0 spiro atoms. The summed E-state index contributed by atoms with van der Waals surface area (Å²) in [6.45, 7) is 0. The summed E-state index contributed by atoms with van der Waals surface area (Å²) in [6.07, 6.45) is -3.07. The molecule has 0 fully saturated rings. The van der Waals surface area contributed by atoms with Crippen molar-refractivity contribution >= 4 is 17.4 Å². The largest absolute Gasteiger partial charge is 0.416 e. The fourth-order valence-corrected chi connectivity index (χ4v) is 4.17. The number of non-ortho nitro benzene ring substituents is 1. The predicted octanol–water partition coefficient (Wildman–Crippen LogP) is 6.90. The average Bonchev–Trinajstić information content (AvgIpc) is 3.22. The molecule has 5 nitrogen and oxygen atoms in total. The molecule has 0 unspecified atom stereocenters. The van der Waals surface area contributed by atoms with Crippen LogP contribution in [0.15, 0.2) is 84.1 Å². The number of hydrogen-bond donors (Lipinski definition) is 0. The monoisotopic (exact) mass is 473 g/mol. The summed E-state index contributed by atoms with van der Waals surface area (Å²) < 4.78 is 54.7. The van der Waals surface area contributed by atoms with Gasteiger partial charge in [-0.15, -0.1) is 0 Å². The highest BCUT2D eigenvalue weighted by molar-refractivity contribution is 7.98. The van der Waals surface area contributed by atoms with Crippen molar-refractivity contribution in [2.45, 2.75) is 17.1 Å². The van der Waals surface area contributed by atoms with Crippen molar-refractivity contribution in [3.8, 4) is 16.9 Å². The van der Waals surface area contributed by atoms with Gasteiger partial charge in [0.05, 0.1) is 22.4 Å². The maximum absolute atomic E-state index is 13.3. The molecule has 4 aromatic rings. The van der Waals surface area contributed by atoms with Crippen LogP contribution < -0.4 is 0 Å². The average molecular weight is 473 g/mol. The van der Waals surface area contributed by atoms with Crippen LogP contribution in [0.3, 0.4) is 0 Å². The van der Waals surface area contributed by atoms with Crippen LogP contribution in [0.2, 0.25) is 0 Å². The Morgan fingerprint density at radius 1 is 1.00 bits per heavy atom. The highest BCUT2D eigenvalue weighted by Crippen LogP contribution is 2.35. The number of aromatic nitrogens is 2. The Kier molecular flexibility index (Phi) is 6.19. The highest BCUT2D eigenvalue weighted by atomic mass is 32.2. The maximum Gasteiger partial charge on any atom is 0.416 e. The van der Waals surface area contributed by atoms with E-state index in [-0.39, 0.29) is 17.2 Å². The first-order chi connectivity index (χ1) is 15.7. The van der Waals surface area contributed by atoms with Gasteiger partial charge in [0.1, 0.15) is 5.82 Å². The minimum absolute atomic E-state index is 0.148. The third kappa shape index (κ3) is 5.06. The number of nitro groups is 1. The molecule has 0 aliphatic heterocycles. The molecule has 0 bridgehead atoms. The van der Waals surface area contributed by atoms with Gasteiger partial charge in [-0.2, -0.15) is 13.2 Å². The van der Waals surface area contributed by atoms with E-state index < -0.39 is 16.7 Å². The van der Waals surface area contributed by atoms with E-state index in [9.17, 15) is 27.7 Å². The molecule has 0 aliphatic carbocycles. The van der Waals surface area contributed by atoms with E-state index in [1.165, 1.54) is 65.0 Å². The summed E-state index contributed by atoms with van der Waals surface area (Å²) in [5.74, 6) is 0.0205. The number of benzene rings is 3. The number of alkyl halides is 3. The van der Waals surface area contributed by atoms with E-state index in [4.69, 9.17) is 0 Å². The van der Waals surface area contributed by atoms with Gasteiger partial charge >= 0.3 is 6.18 Å². The first-order valence-electron chi connectivity index (χ1n) is 9.60. The fourth-order valence-electron chi connectivity index (χ4n) is 3.22. The third-order valence-electron chi connectivity index (χ3n) is 4.80. The van der Waals surface area contributed by atoms with Crippen LogP contribution in [0.1, 0.15) is 11.1 Å². The lowest BCUT2D eigenvalue weighted by molar-refractivity contribution is -0.384. The van der Waals surface area contributed by atoms with E-state index in [0.717, 1.165) is 17.7 Å². The van der Waals surface area contributed by atoms with Crippen LogP contribution in [0.4, 0.5) is 23.2 Å². The summed E-state index contributed by atoms with van der Waals surface area (Å²) in [6, 6.07) is 16.5. The normalized spacial score (nSPS) is 11.5. The zero-order valence-corrected chi connectivity index (χ0v) is 17.6. The SMILES string of the molecule is O=[N+]([O-])c1cccc(-c2cnc(SCc3ccc(F)cc3)n2-c2cccc(C(F)(F)F)c2)c1. The number of imidazole rings is 1. The number of thioether (sulfide) groups is 1. The van der Waals surface area contributed by atoms with E-state index in [1.54, 1.807) is 18.2 Å². The van der Waals surface area contributed by atoms with Gasteiger partial charge < -0.3 is 0 Å². The minimum atomic E-state index is -4.54. The molecule has 3 aromatic carbocycles. The Morgan fingerprint density at radius 2 is 1.73 bits per heavy atom. The van der Waals surface area contributed by atoms with Crippen LogP contribution in [0, 0.1) is 15.9 Å². The van der Waals surface area contributed by atoms with Crippen LogP contribution in [-0.2, 0) is 11.9 Å². The van der Waals surface area contributed by atoms with Gasteiger partial charge in [-0.25, -0.2) is 9.37 Å². The summed E-state index contributed by atoms with van der Waals surface area (Å²) >= 11 is 1.25. The summed E-state index contributed by atoms with van der Waals surface area (Å²) in [4.78, 5) is 15.0. The van der Waals surface area contributed by atoms with Crippen molar-refractivity contribution in [1.29, 1.82) is 0 Å². The van der Waals surface area contributed by atoms with Gasteiger partial charge in [0.15, 0.2) is 5.16 Å². The zero-order valence-electron chi connectivity index (χ0n) is 16.8. The summed E-state index contributed by atoms with van der Waals surface area (Å²) in [5.41, 5.74) is 0.877. The molecule has 0 saturated carbocycles. The van der Waals surface area contributed by atoms with Crippen LogP contribution >= 0.6 is 11.8 Å². The lowest BCUT2D eigenvalue weighted by Crippen LogP contribution is -2.07. The number of halogens is 4. The molecule has 0 atom stereocenters. The Bertz CT molecular complexity index is 1300. The van der Waals surface area contributed by atoms with E-state index in [2.05, 4.69) is 4.98 Å². The van der Waals surface area contributed by atoms with Gasteiger partial charge in [0.25, 0.3) is 5.69 Å². The molecule has 33 heavy (non-hydrogen) atoms. The van der Waals surface area contributed by atoms with Crippen LogP contribution in [0.25, 0.3) is 16.9 Å². The highest BCUT2D eigenvalue weighted by Gasteiger charge is 2.31. The lowest BCUT2D eigenvalue weighted by Gasteiger charge is -2.14. The molecular weight excluding hydrogens is 458 g/mol. The van der Waals surface area contributed by atoms with Crippen molar-refractivity contribution in [1.82, 2.24) is 9.55 Å². The lowest BCUT2D eigenvalue weighted by atomic mass is 10.1. The second-order valence-electron chi connectivity index (χ2n) is 7.03. The fraction of sp³-hybridized carbons (Fsp3) is 0.0870. The van der Waals surface area contributed by atoms with Crippen molar-refractivity contribution < 1.29 is 22.5 Å². The van der Waals surface area contributed by atoms with Crippen molar-refractivity contribution in [2.75, 3.05) is 0 Å². The first kappa shape index (κ1) is 22.5. The molecule has 0 aliphatic rings. The van der Waals surface area contributed by atoms with Gasteiger partial charge in [-0.05, 0) is 35.9 Å². The van der Waals surface area contributed by atoms with Crippen LogP contribution in [-0.4, -0.2) is 14.5 Å². The number of nitro benzene ring substituents is 1. The second kappa shape index (κ2) is 9.07. The molecule has 10 heteroatoms. The van der Waals surface area contributed by atoms with Gasteiger partial charge in [-0.1, -0.05) is 42.1 Å². The summed E-state index contributed by atoms with van der Waals surface area (Å²) in [5, 5.41) is 11.6. The van der Waals surface area contributed by atoms with Gasteiger partial charge in [0, 0.05) is 29.1 Å². The molecule has 4 rings (SSSR count). The molecule has 0 saturated heterocycles. The maximum atomic E-state index is 13.3. The van der Waals surface area contributed by atoms with Gasteiger partial charge in [0.2, 0.25) is 0 Å². The zero-order chi connectivity index (χ0) is 23.6. The first-order valence-corrected chi connectivity index (χ1v) is 10.6. The third-order valence-corrected chi connectivity index (χ3v) is 5.82. The van der Waals surface area contributed by atoms with Crippen molar-refractivity contribution in [2.24, 2.45) is 0 Å². The van der Waals surface area contributed by atoms with E-state index >= 15 is 0 Å². The molecule has 0 radical (unpaired) electrons. The smallest absolute Gasteiger partial charge is 0.287 e. The van der Waals surface area contributed by atoms with Crippen molar-refractivity contribution in [3.63, 3.8) is 0 Å². The molecule has 1 aromatic heterocycles. The Hall–Kier alpha value is -3.66. The minimum Gasteiger partial charge on any atom is -0.287 e. The molecular formula is C23H15F4N3O2S. The Morgan fingerprint density at radius 3 is 2.42 bits per heavy atom. The van der Waals surface area contributed by atoms with E-state index in [1.807, 2.05) is 0 Å². The van der Waals surface area contributed by atoms with Gasteiger partial charge in [-0.3, -0.25) is 14.7 Å². The summed E-state index contributed by atoms with van der Waals surface area (Å²) in [7, 11) is 0. The number of nitrogens with zero attached hydrogens (tertiary/aromatic N) is 3. The molecule has 168 valence electrons. The molecule has 0 N–H and O–H groups in total. The second-order valence-corrected chi connectivity index (χ2v) is 7.97. The molecule has 0 amide bonds. The number of hydrogen-bond acceptors (Lipinski definition) is 4. The van der Waals surface area contributed by atoms with Crippen LogP contribution in [0.5, 0.6) is 0 Å².